The summed E-state index contributed by atoms with van der Waals surface area (Å²) in [5.74, 6) is -0.0611. The van der Waals surface area contributed by atoms with Gasteiger partial charge >= 0.3 is 6.09 Å². The molecule has 1 heterocycles. The van der Waals surface area contributed by atoms with Gasteiger partial charge in [-0.1, -0.05) is 26.0 Å². The number of rotatable bonds is 12. The molecule has 208 valence electrons. The van der Waals surface area contributed by atoms with Gasteiger partial charge in [0.1, 0.15) is 5.01 Å². The number of aryl methyl sites for hydroxylation is 1. The quantitative estimate of drug-likeness (QED) is 0.275. The van der Waals surface area contributed by atoms with Crippen LogP contribution in [-0.4, -0.2) is 55.0 Å². The van der Waals surface area contributed by atoms with Crippen LogP contribution < -0.4 is 16.0 Å². The van der Waals surface area contributed by atoms with Crippen LogP contribution in [0.5, 0.6) is 0 Å². The van der Waals surface area contributed by atoms with Gasteiger partial charge in [0, 0.05) is 48.0 Å². The van der Waals surface area contributed by atoms with E-state index in [2.05, 4.69) is 40.8 Å². The molecule has 3 rings (SSSR count). The number of methoxy groups -OCH3 is 1. The number of benzene rings is 2. The van der Waals surface area contributed by atoms with Crippen LogP contribution >= 0.6 is 11.3 Å². The van der Waals surface area contributed by atoms with Crippen molar-refractivity contribution in [2.75, 3.05) is 32.6 Å². The van der Waals surface area contributed by atoms with E-state index in [-0.39, 0.29) is 11.8 Å². The Balaban J connectivity index is 1.45. The van der Waals surface area contributed by atoms with Gasteiger partial charge in [-0.25, -0.2) is 9.78 Å². The van der Waals surface area contributed by atoms with Crippen molar-refractivity contribution >= 4 is 34.9 Å². The molecule has 0 fully saturated rings. The average molecular weight is 552 g/mol. The summed E-state index contributed by atoms with van der Waals surface area (Å²) in [7, 11) is 3.07. The molecule has 0 aliphatic rings. The smallest absolute Gasteiger partial charge is 0.411 e. The highest BCUT2D eigenvalue weighted by molar-refractivity contribution is 7.09. The highest BCUT2D eigenvalue weighted by atomic mass is 32.1. The van der Waals surface area contributed by atoms with Crippen LogP contribution in [-0.2, 0) is 17.8 Å². The second kappa shape index (κ2) is 14.4. The Morgan fingerprint density at radius 3 is 2.54 bits per heavy atom. The van der Waals surface area contributed by atoms with E-state index in [1.165, 1.54) is 18.4 Å². The summed E-state index contributed by atoms with van der Waals surface area (Å²) in [5.41, 5.74) is 4.72. The van der Waals surface area contributed by atoms with Gasteiger partial charge in [0.05, 0.1) is 13.7 Å². The third-order valence-electron chi connectivity index (χ3n) is 6.02. The Kier molecular flexibility index (Phi) is 11.0. The lowest BCUT2D eigenvalue weighted by atomic mass is 9.99. The van der Waals surface area contributed by atoms with Crippen LogP contribution in [0.25, 0.3) is 0 Å². The van der Waals surface area contributed by atoms with Gasteiger partial charge in [0.2, 0.25) is 0 Å². The minimum atomic E-state index is -0.502. The van der Waals surface area contributed by atoms with Crippen LogP contribution in [0, 0.1) is 6.92 Å². The third-order valence-corrected chi connectivity index (χ3v) is 6.97. The zero-order valence-corrected chi connectivity index (χ0v) is 24.0. The number of nitrogens with one attached hydrogen (secondary N) is 3. The van der Waals surface area contributed by atoms with Crippen LogP contribution in [0.3, 0.4) is 0 Å². The van der Waals surface area contributed by atoms with Gasteiger partial charge in [-0.05, 0) is 67.3 Å². The molecule has 0 saturated carbocycles. The second-order valence-electron chi connectivity index (χ2n) is 9.65. The molecule has 0 spiro atoms. The number of nitrogens with zero attached hydrogens (tertiary/aromatic N) is 2. The fraction of sp³-hybridized carbons (Fsp3) is 0.379. The van der Waals surface area contributed by atoms with E-state index in [1.807, 2.05) is 24.4 Å². The standard InChI is InChI=1S/C29H37N5O4S/c1-19(2)24-12-21(13-25(15-24)33-29(37)38-5)16-30-10-7-11-31-27(35)22-8-6-9-23(14-22)28(36)34(4)17-26-32-20(3)18-39-26/h6,8-9,12-15,18-19,30H,7,10-11,16-17H2,1-5H3,(H,31,35)(H,33,37). The van der Waals surface area contributed by atoms with E-state index in [0.717, 1.165) is 28.2 Å². The van der Waals surface area contributed by atoms with Crippen molar-refractivity contribution in [3.8, 4) is 0 Å². The Bertz CT molecular complexity index is 1290. The van der Waals surface area contributed by atoms with E-state index in [1.54, 1.807) is 36.2 Å². The SMILES string of the molecule is COC(=O)Nc1cc(CNCCCNC(=O)c2cccc(C(=O)N(C)Cc3nc(C)cs3)c2)cc(C(C)C)c1. The molecule has 3 aromatic rings. The normalized spacial score (nSPS) is 10.8. The lowest BCUT2D eigenvalue weighted by Gasteiger charge is -2.16. The van der Waals surface area contributed by atoms with Crippen LogP contribution in [0.1, 0.15) is 68.7 Å². The minimum Gasteiger partial charge on any atom is -0.453 e. The van der Waals surface area contributed by atoms with Crippen LogP contribution in [0.4, 0.5) is 10.5 Å². The summed E-state index contributed by atoms with van der Waals surface area (Å²) in [6, 6.07) is 12.7. The molecule has 0 aliphatic heterocycles. The van der Waals surface area contributed by atoms with Gasteiger partial charge in [-0.3, -0.25) is 14.9 Å². The number of ether oxygens (including phenoxy) is 1. The molecule has 1 aromatic heterocycles. The Labute approximate surface area is 234 Å². The monoisotopic (exact) mass is 551 g/mol. The summed E-state index contributed by atoms with van der Waals surface area (Å²) in [6.45, 7) is 8.37. The number of aromatic nitrogens is 1. The average Bonchev–Trinajstić information content (AvgIpc) is 3.33. The lowest BCUT2D eigenvalue weighted by Crippen LogP contribution is -2.28. The maximum absolute atomic E-state index is 12.9. The molecule has 0 bridgehead atoms. The number of hydrogen-bond donors (Lipinski definition) is 3. The van der Waals surface area contributed by atoms with E-state index in [9.17, 15) is 14.4 Å². The van der Waals surface area contributed by atoms with Crippen LogP contribution in [0.15, 0.2) is 47.8 Å². The molecule has 0 aliphatic carbocycles. The van der Waals surface area contributed by atoms with Gasteiger partial charge in [0.15, 0.2) is 0 Å². The summed E-state index contributed by atoms with van der Waals surface area (Å²) in [5, 5.41) is 11.9. The van der Waals surface area contributed by atoms with Crippen molar-refractivity contribution in [1.29, 1.82) is 0 Å². The molecule has 2 aromatic carbocycles. The number of anilines is 1. The molecule has 3 amide bonds. The second-order valence-corrected chi connectivity index (χ2v) is 10.6. The van der Waals surface area contributed by atoms with Crippen molar-refractivity contribution in [3.05, 3.63) is 80.8 Å². The fourth-order valence-corrected chi connectivity index (χ4v) is 4.73. The van der Waals surface area contributed by atoms with Gasteiger partial charge in [-0.2, -0.15) is 0 Å². The number of hydrogen-bond acceptors (Lipinski definition) is 7. The summed E-state index contributed by atoms with van der Waals surface area (Å²) >= 11 is 1.52. The van der Waals surface area contributed by atoms with Gasteiger partial charge in [0.25, 0.3) is 11.8 Å². The predicted molar refractivity (Wildman–Crippen MR) is 154 cm³/mol. The molecule has 0 saturated heterocycles. The van der Waals surface area contributed by atoms with Crippen molar-refractivity contribution < 1.29 is 19.1 Å². The zero-order valence-electron chi connectivity index (χ0n) is 23.2. The highest BCUT2D eigenvalue weighted by Gasteiger charge is 2.16. The fourth-order valence-electron chi connectivity index (χ4n) is 3.91. The summed E-state index contributed by atoms with van der Waals surface area (Å²) in [4.78, 5) is 43.2. The number of thiazole rings is 1. The number of carbonyl (C=O) groups excluding carboxylic acids is 3. The lowest BCUT2D eigenvalue weighted by molar-refractivity contribution is 0.0785. The molecule has 10 heteroatoms. The largest absolute Gasteiger partial charge is 0.453 e. The first-order valence-electron chi connectivity index (χ1n) is 12.9. The first kappa shape index (κ1) is 29.8. The molecule has 0 atom stereocenters. The molecule has 3 N–H and O–H groups in total. The number of amides is 3. The first-order valence-corrected chi connectivity index (χ1v) is 13.8. The molecule has 39 heavy (non-hydrogen) atoms. The Morgan fingerprint density at radius 2 is 1.85 bits per heavy atom. The van der Waals surface area contributed by atoms with E-state index >= 15 is 0 Å². The van der Waals surface area contributed by atoms with E-state index in [0.29, 0.717) is 48.9 Å². The third kappa shape index (κ3) is 9.19. The Morgan fingerprint density at radius 1 is 1.08 bits per heavy atom. The van der Waals surface area contributed by atoms with Gasteiger partial charge < -0.3 is 20.3 Å². The Hall–Kier alpha value is -3.76. The minimum absolute atomic E-state index is 0.159. The van der Waals surface area contributed by atoms with Crippen molar-refractivity contribution in [1.82, 2.24) is 20.5 Å². The highest BCUT2D eigenvalue weighted by Crippen LogP contribution is 2.22. The van der Waals surface area contributed by atoms with Gasteiger partial charge in [-0.15, -0.1) is 11.3 Å². The van der Waals surface area contributed by atoms with Crippen LogP contribution in [0.2, 0.25) is 0 Å². The van der Waals surface area contributed by atoms with E-state index in [4.69, 9.17) is 4.74 Å². The van der Waals surface area contributed by atoms with E-state index < -0.39 is 6.09 Å². The molecule has 9 nitrogen and oxygen atoms in total. The molecular weight excluding hydrogens is 514 g/mol. The topological polar surface area (TPSA) is 113 Å². The predicted octanol–water partition coefficient (Wildman–Crippen LogP) is 4.94. The summed E-state index contributed by atoms with van der Waals surface area (Å²) < 4.78 is 4.70. The van der Waals surface area contributed by atoms with Crippen molar-refractivity contribution in [2.45, 2.75) is 46.2 Å². The molecule has 0 radical (unpaired) electrons. The molecule has 0 unspecified atom stereocenters. The first-order chi connectivity index (χ1) is 18.7. The van der Waals surface area contributed by atoms with Crippen molar-refractivity contribution in [3.63, 3.8) is 0 Å². The number of carbonyl (C=O) groups is 3. The molecular formula is C29H37N5O4S. The zero-order chi connectivity index (χ0) is 28.4. The maximum Gasteiger partial charge on any atom is 0.411 e. The summed E-state index contributed by atoms with van der Waals surface area (Å²) in [6.07, 6.45) is 0.232. The maximum atomic E-state index is 12.9. The van der Waals surface area contributed by atoms with Crippen molar-refractivity contribution in [2.24, 2.45) is 0 Å².